The maximum Gasteiger partial charge on any atom is 0.416 e. The molecule has 0 saturated carbocycles. The lowest BCUT2D eigenvalue weighted by Crippen LogP contribution is -2.49. The Bertz CT molecular complexity index is 1920. The minimum Gasteiger partial charge on any atom is -0.322 e. The smallest absolute Gasteiger partial charge is 0.322 e. The number of hydrogen-bond donors (Lipinski definition) is 1. The third-order valence-electron chi connectivity index (χ3n) is 9.73. The third-order valence-corrected chi connectivity index (χ3v) is 9.73. The van der Waals surface area contributed by atoms with Crippen LogP contribution in [0.5, 0.6) is 0 Å². The Hall–Kier alpha value is -4.23. The molecule has 1 saturated heterocycles. The predicted molar refractivity (Wildman–Crippen MR) is 165 cm³/mol. The van der Waals surface area contributed by atoms with Gasteiger partial charge < -0.3 is 5.73 Å². The number of rotatable bonds is 7. The average molecular weight is 675 g/mol. The number of nitrogens with two attached hydrogens (primary N) is 1. The lowest BCUT2D eigenvalue weighted by atomic mass is 9.74. The van der Waals surface area contributed by atoms with Crippen molar-refractivity contribution < 1.29 is 30.7 Å². The first-order valence-electron chi connectivity index (χ1n) is 15.6. The predicted octanol–water partition coefficient (Wildman–Crippen LogP) is 6.42. The van der Waals surface area contributed by atoms with Gasteiger partial charge in [0.25, 0.3) is 5.56 Å². The summed E-state index contributed by atoms with van der Waals surface area (Å²) in [6.45, 7) is 0.139. The number of hydrogen-bond acceptors (Lipinski definition) is 4. The SMILES string of the molecule is NC(Cn1c(=O)c2c(n(Cc3c(F)cccc3C(F)(F)F)c1=O)CCC21CCN(Cc2cccc(C(F)(F)F)c2)CC1)c1ccccc1. The molecule has 1 fully saturated rings. The maximum atomic E-state index is 15.0. The molecule has 48 heavy (non-hydrogen) atoms. The summed E-state index contributed by atoms with van der Waals surface area (Å²) in [6.07, 6.45) is -7.84. The molecular formula is C35H33F7N4O2. The molecular weight excluding hydrogens is 641 g/mol. The second-order valence-electron chi connectivity index (χ2n) is 12.6. The summed E-state index contributed by atoms with van der Waals surface area (Å²) < 4.78 is 98.9. The van der Waals surface area contributed by atoms with Crippen LogP contribution in [0.25, 0.3) is 0 Å². The minimum absolute atomic E-state index is 0.217. The number of halogens is 7. The molecule has 2 N–H and O–H groups in total. The summed E-state index contributed by atoms with van der Waals surface area (Å²) in [5.74, 6) is -1.13. The molecule has 254 valence electrons. The molecule has 1 spiro atoms. The lowest BCUT2D eigenvalue weighted by Gasteiger charge is -2.40. The zero-order valence-electron chi connectivity index (χ0n) is 25.8. The van der Waals surface area contributed by atoms with Crippen LogP contribution >= 0.6 is 0 Å². The fourth-order valence-corrected chi connectivity index (χ4v) is 7.23. The van der Waals surface area contributed by atoms with E-state index in [9.17, 15) is 35.9 Å². The Kier molecular flexibility index (Phi) is 8.88. The third kappa shape index (κ3) is 6.45. The number of benzene rings is 3. The van der Waals surface area contributed by atoms with Gasteiger partial charge in [0.05, 0.1) is 24.2 Å². The molecule has 2 aliphatic rings. The van der Waals surface area contributed by atoms with Crippen LogP contribution in [-0.4, -0.2) is 27.1 Å². The Morgan fingerprint density at radius 1 is 0.792 bits per heavy atom. The van der Waals surface area contributed by atoms with Crippen LogP contribution in [-0.2, 0) is 43.8 Å². The van der Waals surface area contributed by atoms with Gasteiger partial charge in [0.2, 0.25) is 0 Å². The van der Waals surface area contributed by atoms with Gasteiger partial charge in [-0.3, -0.25) is 18.8 Å². The zero-order chi connectivity index (χ0) is 34.4. The van der Waals surface area contributed by atoms with Gasteiger partial charge in [-0.15, -0.1) is 0 Å². The topological polar surface area (TPSA) is 73.3 Å². The normalized spacial score (nSPS) is 17.1. The van der Waals surface area contributed by atoms with E-state index in [0.717, 1.165) is 39.5 Å². The summed E-state index contributed by atoms with van der Waals surface area (Å²) >= 11 is 0. The van der Waals surface area contributed by atoms with Crippen molar-refractivity contribution in [3.8, 4) is 0 Å². The maximum absolute atomic E-state index is 15.0. The van der Waals surface area contributed by atoms with Gasteiger partial charge in [-0.2, -0.15) is 26.3 Å². The van der Waals surface area contributed by atoms with Crippen LogP contribution in [0.2, 0.25) is 0 Å². The summed E-state index contributed by atoms with van der Waals surface area (Å²) in [7, 11) is 0. The van der Waals surface area contributed by atoms with Gasteiger partial charge in [-0.1, -0.05) is 54.6 Å². The fraction of sp³-hybridized carbons (Fsp3) is 0.371. The number of piperidine rings is 1. The van der Waals surface area contributed by atoms with Crippen LogP contribution in [0.1, 0.15) is 64.4 Å². The van der Waals surface area contributed by atoms with E-state index in [0.29, 0.717) is 49.0 Å². The monoisotopic (exact) mass is 674 g/mol. The first-order valence-corrected chi connectivity index (χ1v) is 15.6. The average Bonchev–Trinajstić information content (AvgIpc) is 3.41. The van der Waals surface area contributed by atoms with Crippen molar-refractivity contribution in [2.24, 2.45) is 5.73 Å². The number of nitrogens with zero attached hydrogens (tertiary/aromatic N) is 3. The molecule has 0 amide bonds. The van der Waals surface area contributed by atoms with Crippen LogP contribution in [0.3, 0.4) is 0 Å². The van der Waals surface area contributed by atoms with Crippen molar-refractivity contribution >= 4 is 0 Å². The van der Waals surface area contributed by atoms with E-state index in [1.54, 1.807) is 36.4 Å². The Labute approximate surface area is 271 Å². The molecule has 1 unspecified atom stereocenters. The van der Waals surface area contributed by atoms with Crippen molar-refractivity contribution in [3.05, 3.63) is 139 Å². The summed E-state index contributed by atoms with van der Waals surface area (Å²) in [4.78, 5) is 30.2. The highest BCUT2D eigenvalue weighted by Crippen LogP contribution is 2.45. The van der Waals surface area contributed by atoms with Crippen molar-refractivity contribution in [1.29, 1.82) is 0 Å². The number of aromatic nitrogens is 2. The van der Waals surface area contributed by atoms with Crippen LogP contribution in [0.4, 0.5) is 30.7 Å². The van der Waals surface area contributed by atoms with E-state index in [1.165, 1.54) is 6.07 Å². The van der Waals surface area contributed by atoms with Gasteiger partial charge in [-0.05, 0) is 68.1 Å². The van der Waals surface area contributed by atoms with Crippen LogP contribution < -0.4 is 17.0 Å². The van der Waals surface area contributed by atoms with Gasteiger partial charge in [0.15, 0.2) is 0 Å². The van der Waals surface area contributed by atoms with Gasteiger partial charge in [0.1, 0.15) is 5.82 Å². The molecule has 13 heteroatoms. The summed E-state index contributed by atoms with van der Waals surface area (Å²) in [6, 6.07) is 15.7. The van der Waals surface area contributed by atoms with Gasteiger partial charge in [-0.25, -0.2) is 9.18 Å². The standard InChI is InChI=1S/C35H33F7N4O2/c36-27-11-5-10-26(35(40,41)42)25(27)20-45-29-12-13-33(14-16-44(17-15-33)19-22-6-4-9-24(18-22)34(37,38)39)30(29)31(47)46(32(45)48)21-28(43)23-7-2-1-3-8-23/h1-11,18,28H,12-17,19-21,43H2. The van der Waals surface area contributed by atoms with Crippen LogP contribution in [0, 0.1) is 5.82 Å². The number of alkyl halides is 6. The Morgan fingerprint density at radius 2 is 1.48 bits per heavy atom. The van der Waals surface area contributed by atoms with E-state index >= 15 is 4.39 Å². The van der Waals surface area contributed by atoms with E-state index in [2.05, 4.69) is 0 Å². The van der Waals surface area contributed by atoms with Crippen molar-refractivity contribution in [2.75, 3.05) is 13.1 Å². The molecule has 1 aromatic heterocycles. The molecule has 6 rings (SSSR count). The minimum atomic E-state index is -4.89. The second-order valence-corrected chi connectivity index (χ2v) is 12.6. The largest absolute Gasteiger partial charge is 0.416 e. The molecule has 0 bridgehead atoms. The molecule has 1 atom stereocenters. The van der Waals surface area contributed by atoms with Crippen molar-refractivity contribution in [1.82, 2.24) is 14.0 Å². The molecule has 0 radical (unpaired) electrons. The number of likely N-dealkylation sites (tertiary alicyclic amines) is 1. The molecule has 1 aliphatic heterocycles. The molecule has 2 heterocycles. The summed E-state index contributed by atoms with van der Waals surface area (Å²) in [5.41, 5.74) is 3.30. The Morgan fingerprint density at radius 3 is 2.15 bits per heavy atom. The van der Waals surface area contributed by atoms with Crippen molar-refractivity contribution in [3.63, 3.8) is 0 Å². The number of fused-ring (bicyclic) bond motifs is 2. The molecule has 1 aliphatic carbocycles. The van der Waals surface area contributed by atoms with E-state index < -0.39 is 64.1 Å². The van der Waals surface area contributed by atoms with E-state index in [4.69, 9.17) is 5.73 Å². The van der Waals surface area contributed by atoms with Gasteiger partial charge in [0, 0.05) is 34.8 Å². The van der Waals surface area contributed by atoms with Gasteiger partial charge >= 0.3 is 18.0 Å². The quantitative estimate of drug-likeness (QED) is 0.230. The molecule has 4 aromatic rings. The summed E-state index contributed by atoms with van der Waals surface area (Å²) in [5, 5.41) is 0. The molecule has 3 aromatic carbocycles. The first-order chi connectivity index (χ1) is 22.7. The zero-order valence-corrected chi connectivity index (χ0v) is 25.8. The second kappa shape index (κ2) is 12.7. The highest BCUT2D eigenvalue weighted by atomic mass is 19.4. The van der Waals surface area contributed by atoms with E-state index in [-0.39, 0.29) is 25.2 Å². The lowest BCUT2D eigenvalue weighted by molar-refractivity contribution is -0.139. The van der Waals surface area contributed by atoms with Crippen molar-refractivity contribution in [2.45, 2.75) is 69.1 Å². The molecule has 6 nitrogen and oxygen atoms in total. The van der Waals surface area contributed by atoms with Crippen LogP contribution in [0.15, 0.2) is 82.4 Å². The highest BCUT2D eigenvalue weighted by molar-refractivity contribution is 5.38. The highest BCUT2D eigenvalue weighted by Gasteiger charge is 2.46. The Balaban J connectivity index is 1.38. The fourth-order valence-electron chi connectivity index (χ4n) is 7.23. The van der Waals surface area contributed by atoms with E-state index in [1.807, 2.05) is 4.90 Å². The first kappa shape index (κ1) is 33.7.